The topological polar surface area (TPSA) is 43.1 Å². The third-order valence-electron chi connectivity index (χ3n) is 2.68. The van der Waals surface area contributed by atoms with Crippen molar-refractivity contribution in [3.63, 3.8) is 0 Å². The third-order valence-corrected chi connectivity index (χ3v) is 3.78. The molecule has 0 aliphatic rings. The molecule has 3 aromatic rings. The van der Waals surface area contributed by atoms with Gasteiger partial charge in [-0.3, -0.25) is 4.40 Å². The van der Waals surface area contributed by atoms with E-state index in [9.17, 15) is 0 Å². The standard InChI is InChI=1S/C12H8BrClN4/c1-7-4-8(2-3-9(7)13)12-17-16-11-5-10(14)15-6-18(11)12/h2-6H,1H3. The molecule has 18 heavy (non-hydrogen) atoms. The maximum Gasteiger partial charge on any atom is 0.169 e. The molecule has 90 valence electrons. The van der Waals surface area contributed by atoms with E-state index in [1.54, 1.807) is 12.4 Å². The molecule has 0 unspecified atom stereocenters. The van der Waals surface area contributed by atoms with Crippen LogP contribution in [-0.2, 0) is 0 Å². The van der Waals surface area contributed by atoms with Gasteiger partial charge in [0, 0.05) is 16.1 Å². The van der Waals surface area contributed by atoms with E-state index in [1.807, 2.05) is 23.5 Å². The molecule has 2 aromatic heterocycles. The van der Waals surface area contributed by atoms with Crippen molar-refractivity contribution in [2.45, 2.75) is 6.92 Å². The molecule has 0 atom stereocenters. The lowest BCUT2D eigenvalue weighted by molar-refractivity contribution is 1.08. The summed E-state index contributed by atoms with van der Waals surface area (Å²) in [6.07, 6.45) is 1.63. The zero-order valence-electron chi connectivity index (χ0n) is 9.43. The van der Waals surface area contributed by atoms with Gasteiger partial charge in [0.25, 0.3) is 0 Å². The highest BCUT2D eigenvalue weighted by Gasteiger charge is 2.09. The van der Waals surface area contributed by atoms with E-state index in [4.69, 9.17) is 11.6 Å². The van der Waals surface area contributed by atoms with E-state index in [0.29, 0.717) is 10.8 Å². The van der Waals surface area contributed by atoms with Crippen LogP contribution in [0.15, 0.2) is 35.1 Å². The molecule has 1 aromatic carbocycles. The van der Waals surface area contributed by atoms with E-state index in [2.05, 4.69) is 37.2 Å². The number of halogens is 2. The van der Waals surface area contributed by atoms with Crippen molar-refractivity contribution in [3.05, 3.63) is 45.8 Å². The first-order valence-corrected chi connectivity index (χ1v) is 6.45. The van der Waals surface area contributed by atoms with Gasteiger partial charge in [0.1, 0.15) is 11.5 Å². The molecule has 0 fully saturated rings. The molecular formula is C12H8BrClN4. The summed E-state index contributed by atoms with van der Waals surface area (Å²) < 4.78 is 2.88. The molecule has 0 N–H and O–H groups in total. The van der Waals surface area contributed by atoms with Gasteiger partial charge >= 0.3 is 0 Å². The maximum atomic E-state index is 5.82. The zero-order chi connectivity index (χ0) is 12.7. The number of fused-ring (bicyclic) bond motifs is 1. The quantitative estimate of drug-likeness (QED) is 0.644. The average molecular weight is 324 g/mol. The summed E-state index contributed by atoms with van der Waals surface area (Å²) in [5.74, 6) is 0.754. The molecule has 0 radical (unpaired) electrons. The van der Waals surface area contributed by atoms with Crippen LogP contribution in [0.2, 0.25) is 5.15 Å². The van der Waals surface area contributed by atoms with Gasteiger partial charge in [-0.05, 0) is 24.6 Å². The molecule has 0 bridgehead atoms. The fourth-order valence-corrected chi connectivity index (χ4v) is 2.14. The van der Waals surface area contributed by atoms with Crippen molar-refractivity contribution in [1.29, 1.82) is 0 Å². The van der Waals surface area contributed by atoms with Gasteiger partial charge in [0.2, 0.25) is 0 Å². The second-order valence-electron chi connectivity index (χ2n) is 3.93. The Labute approximate surface area is 117 Å². The number of hydrogen-bond acceptors (Lipinski definition) is 3. The van der Waals surface area contributed by atoms with Crippen LogP contribution in [0.1, 0.15) is 5.56 Å². The number of nitrogens with zero attached hydrogens (tertiary/aromatic N) is 4. The Hall–Kier alpha value is -1.46. The molecular weight excluding hydrogens is 316 g/mol. The number of rotatable bonds is 1. The van der Waals surface area contributed by atoms with Crippen molar-refractivity contribution in [1.82, 2.24) is 19.6 Å². The minimum absolute atomic E-state index is 0.411. The van der Waals surface area contributed by atoms with Gasteiger partial charge in [-0.2, -0.15) is 0 Å². The lowest BCUT2D eigenvalue weighted by atomic mass is 10.1. The van der Waals surface area contributed by atoms with Gasteiger partial charge in [0.05, 0.1) is 0 Å². The van der Waals surface area contributed by atoms with Gasteiger partial charge < -0.3 is 0 Å². The Bertz CT molecular complexity index is 738. The molecule has 6 heteroatoms. The van der Waals surface area contributed by atoms with E-state index in [1.165, 1.54) is 0 Å². The lowest BCUT2D eigenvalue weighted by Gasteiger charge is -2.02. The Morgan fingerprint density at radius 2 is 2.06 bits per heavy atom. The molecule has 0 saturated carbocycles. The first-order valence-electron chi connectivity index (χ1n) is 5.28. The summed E-state index contributed by atoms with van der Waals surface area (Å²) in [6.45, 7) is 2.03. The second-order valence-corrected chi connectivity index (χ2v) is 5.17. The molecule has 2 heterocycles. The van der Waals surface area contributed by atoms with Crippen molar-refractivity contribution in [2.24, 2.45) is 0 Å². The minimum atomic E-state index is 0.411. The van der Waals surface area contributed by atoms with Gasteiger partial charge in [-0.15, -0.1) is 10.2 Å². The van der Waals surface area contributed by atoms with Crippen molar-refractivity contribution < 1.29 is 0 Å². The summed E-state index contributed by atoms with van der Waals surface area (Å²) >= 11 is 9.30. The predicted octanol–water partition coefficient (Wildman–Crippen LogP) is 3.52. The lowest BCUT2D eigenvalue weighted by Crippen LogP contribution is -1.91. The first-order chi connectivity index (χ1) is 8.65. The van der Waals surface area contributed by atoms with Crippen LogP contribution in [0, 0.1) is 6.92 Å². The maximum absolute atomic E-state index is 5.82. The van der Waals surface area contributed by atoms with Crippen LogP contribution in [0.4, 0.5) is 0 Å². The first kappa shape index (κ1) is 11.6. The van der Waals surface area contributed by atoms with Crippen LogP contribution in [0.5, 0.6) is 0 Å². The van der Waals surface area contributed by atoms with E-state index in [-0.39, 0.29) is 0 Å². The normalized spacial score (nSPS) is 11.1. The summed E-state index contributed by atoms with van der Waals surface area (Å²) in [5.41, 5.74) is 2.82. The SMILES string of the molecule is Cc1cc(-c2nnc3cc(Cl)ncn23)ccc1Br. The smallest absolute Gasteiger partial charge is 0.169 e. The Balaban J connectivity index is 2.22. The van der Waals surface area contributed by atoms with Crippen LogP contribution in [-0.4, -0.2) is 19.6 Å². The molecule has 0 amide bonds. The van der Waals surface area contributed by atoms with Crippen LogP contribution < -0.4 is 0 Å². The third kappa shape index (κ3) is 1.89. The molecule has 3 rings (SSSR count). The van der Waals surface area contributed by atoms with Gasteiger partial charge in [-0.25, -0.2) is 4.98 Å². The Morgan fingerprint density at radius 1 is 1.22 bits per heavy atom. The van der Waals surface area contributed by atoms with Crippen LogP contribution in [0.3, 0.4) is 0 Å². The summed E-state index contributed by atoms with van der Waals surface area (Å²) in [6, 6.07) is 7.72. The number of aryl methyl sites for hydroxylation is 1. The van der Waals surface area contributed by atoms with Crippen LogP contribution in [0.25, 0.3) is 17.0 Å². The van der Waals surface area contributed by atoms with Gasteiger partial charge in [0.15, 0.2) is 11.5 Å². The summed E-state index contributed by atoms with van der Waals surface area (Å²) in [4.78, 5) is 4.04. The van der Waals surface area contributed by atoms with Crippen molar-refractivity contribution in [2.75, 3.05) is 0 Å². The predicted molar refractivity (Wildman–Crippen MR) is 73.7 cm³/mol. The number of hydrogen-bond donors (Lipinski definition) is 0. The largest absolute Gasteiger partial charge is 0.265 e. The highest BCUT2D eigenvalue weighted by atomic mass is 79.9. The van der Waals surface area contributed by atoms with Crippen molar-refractivity contribution >= 4 is 33.2 Å². The molecule has 0 aliphatic carbocycles. The highest BCUT2D eigenvalue weighted by molar-refractivity contribution is 9.10. The Morgan fingerprint density at radius 3 is 2.83 bits per heavy atom. The van der Waals surface area contributed by atoms with Gasteiger partial charge in [-0.1, -0.05) is 33.6 Å². The van der Waals surface area contributed by atoms with Crippen LogP contribution >= 0.6 is 27.5 Å². The molecule has 0 saturated heterocycles. The fourth-order valence-electron chi connectivity index (χ4n) is 1.75. The molecule has 0 aliphatic heterocycles. The van der Waals surface area contributed by atoms with E-state index >= 15 is 0 Å². The molecule has 0 spiro atoms. The summed E-state index contributed by atoms with van der Waals surface area (Å²) in [5, 5.41) is 8.67. The number of benzene rings is 1. The average Bonchev–Trinajstić information content (AvgIpc) is 2.75. The summed E-state index contributed by atoms with van der Waals surface area (Å²) in [7, 11) is 0. The Kier molecular flexibility index (Phi) is 2.80. The van der Waals surface area contributed by atoms with E-state index < -0.39 is 0 Å². The minimum Gasteiger partial charge on any atom is -0.265 e. The highest BCUT2D eigenvalue weighted by Crippen LogP contribution is 2.24. The molecule has 4 nitrogen and oxygen atoms in total. The monoisotopic (exact) mass is 322 g/mol. The second kappa shape index (κ2) is 4.33. The van der Waals surface area contributed by atoms with E-state index in [0.717, 1.165) is 21.4 Å². The number of aromatic nitrogens is 4. The fraction of sp³-hybridized carbons (Fsp3) is 0.0833. The zero-order valence-corrected chi connectivity index (χ0v) is 11.8. The van der Waals surface area contributed by atoms with Crippen molar-refractivity contribution in [3.8, 4) is 11.4 Å².